The summed E-state index contributed by atoms with van der Waals surface area (Å²) in [5, 5.41) is 3.33. The Balaban J connectivity index is 2.11. The van der Waals surface area contributed by atoms with Crippen molar-refractivity contribution in [3.8, 4) is 0 Å². The number of halogens is 1. The van der Waals surface area contributed by atoms with Crippen LogP contribution in [0.1, 0.15) is 25.0 Å². The van der Waals surface area contributed by atoms with Crippen molar-refractivity contribution >= 4 is 0 Å². The molecular formula is C14H18FN3. The highest BCUT2D eigenvalue weighted by Crippen LogP contribution is 2.12. The summed E-state index contributed by atoms with van der Waals surface area (Å²) in [6.45, 7) is 5.46. The van der Waals surface area contributed by atoms with Gasteiger partial charge in [-0.25, -0.2) is 9.37 Å². The Kier molecular flexibility index (Phi) is 4.10. The lowest BCUT2D eigenvalue weighted by molar-refractivity contribution is 0.579. The van der Waals surface area contributed by atoms with Crippen molar-refractivity contribution < 1.29 is 4.39 Å². The highest BCUT2D eigenvalue weighted by atomic mass is 19.1. The highest BCUT2D eigenvalue weighted by Gasteiger charge is 2.05. The Bertz CT molecular complexity index is 492. The summed E-state index contributed by atoms with van der Waals surface area (Å²) in [6, 6.07) is 5.68. The van der Waals surface area contributed by atoms with Gasteiger partial charge in [-0.2, -0.15) is 0 Å². The maximum Gasteiger partial charge on any atom is 0.128 e. The predicted octanol–water partition coefficient (Wildman–Crippen LogP) is 2.57. The Morgan fingerprint density at radius 2 is 2.22 bits per heavy atom. The molecule has 0 unspecified atom stereocenters. The van der Waals surface area contributed by atoms with Crippen LogP contribution in [0, 0.1) is 5.82 Å². The van der Waals surface area contributed by atoms with Crippen LogP contribution in [-0.4, -0.2) is 15.6 Å². The van der Waals surface area contributed by atoms with E-state index in [0.717, 1.165) is 12.1 Å². The summed E-state index contributed by atoms with van der Waals surface area (Å²) in [4.78, 5) is 3.96. The van der Waals surface area contributed by atoms with Crippen LogP contribution in [0.4, 0.5) is 4.39 Å². The summed E-state index contributed by atoms with van der Waals surface area (Å²) in [6.07, 6.45) is 5.22. The van der Waals surface area contributed by atoms with Crippen molar-refractivity contribution in [3.63, 3.8) is 0 Å². The summed E-state index contributed by atoms with van der Waals surface area (Å²) in [5.74, 6) is -0.169. The van der Waals surface area contributed by atoms with Gasteiger partial charge >= 0.3 is 0 Å². The van der Waals surface area contributed by atoms with E-state index in [1.54, 1.807) is 12.5 Å². The van der Waals surface area contributed by atoms with Gasteiger partial charge in [-0.1, -0.05) is 19.9 Å². The van der Waals surface area contributed by atoms with Crippen LogP contribution in [0.3, 0.4) is 0 Å². The van der Waals surface area contributed by atoms with Crippen LogP contribution in [0.2, 0.25) is 0 Å². The van der Waals surface area contributed by atoms with Gasteiger partial charge in [0.2, 0.25) is 0 Å². The fraction of sp³-hybridized carbons (Fsp3) is 0.357. The van der Waals surface area contributed by atoms with Gasteiger partial charge in [-0.15, -0.1) is 0 Å². The standard InChI is InChI=1S/C14H18FN3/c1-11(2)17-8-12-3-4-14(15)13(7-12)9-18-6-5-16-10-18/h3-7,10-11,17H,8-9H2,1-2H3. The number of nitrogens with zero attached hydrogens (tertiary/aromatic N) is 2. The van der Waals surface area contributed by atoms with E-state index in [4.69, 9.17) is 0 Å². The number of benzene rings is 1. The van der Waals surface area contributed by atoms with E-state index >= 15 is 0 Å². The van der Waals surface area contributed by atoms with E-state index in [9.17, 15) is 4.39 Å². The lowest BCUT2D eigenvalue weighted by Crippen LogP contribution is -2.21. The Labute approximate surface area is 107 Å². The third-order valence-electron chi connectivity index (χ3n) is 2.74. The zero-order valence-electron chi connectivity index (χ0n) is 10.7. The van der Waals surface area contributed by atoms with Crippen LogP contribution in [0.25, 0.3) is 0 Å². The Morgan fingerprint density at radius 1 is 1.39 bits per heavy atom. The minimum absolute atomic E-state index is 0.169. The first-order valence-corrected chi connectivity index (χ1v) is 6.11. The average molecular weight is 247 g/mol. The second-order valence-corrected chi connectivity index (χ2v) is 4.70. The van der Waals surface area contributed by atoms with Gasteiger partial charge in [0, 0.05) is 30.5 Å². The fourth-order valence-electron chi connectivity index (χ4n) is 1.76. The fourth-order valence-corrected chi connectivity index (χ4v) is 1.76. The molecule has 0 atom stereocenters. The minimum Gasteiger partial charge on any atom is -0.333 e. The number of nitrogens with one attached hydrogen (secondary N) is 1. The predicted molar refractivity (Wildman–Crippen MR) is 69.7 cm³/mol. The molecular weight excluding hydrogens is 229 g/mol. The van der Waals surface area contributed by atoms with Gasteiger partial charge in [0.15, 0.2) is 0 Å². The number of aromatic nitrogens is 2. The second-order valence-electron chi connectivity index (χ2n) is 4.70. The zero-order valence-corrected chi connectivity index (χ0v) is 10.7. The van der Waals surface area contributed by atoms with Crippen molar-refractivity contribution in [2.45, 2.75) is 33.0 Å². The summed E-state index contributed by atoms with van der Waals surface area (Å²) >= 11 is 0. The molecule has 0 aliphatic carbocycles. The molecule has 0 saturated heterocycles. The first-order chi connectivity index (χ1) is 8.65. The summed E-state index contributed by atoms with van der Waals surface area (Å²) in [7, 11) is 0. The Hall–Kier alpha value is -1.68. The Morgan fingerprint density at radius 3 is 2.89 bits per heavy atom. The molecule has 0 saturated carbocycles. The molecule has 3 nitrogen and oxygen atoms in total. The van der Waals surface area contributed by atoms with Gasteiger partial charge < -0.3 is 9.88 Å². The van der Waals surface area contributed by atoms with E-state index < -0.39 is 0 Å². The SMILES string of the molecule is CC(C)NCc1ccc(F)c(Cn2ccnc2)c1. The molecule has 0 fully saturated rings. The van der Waals surface area contributed by atoms with Gasteiger partial charge in [-0.3, -0.25) is 0 Å². The molecule has 0 bridgehead atoms. The smallest absolute Gasteiger partial charge is 0.128 e. The molecule has 1 N–H and O–H groups in total. The van der Waals surface area contributed by atoms with Crippen molar-refractivity contribution in [3.05, 3.63) is 53.9 Å². The maximum atomic E-state index is 13.7. The zero-order chi connectivity index (χ0) is 13.0. The first kappa shape index (κ1) is 12.8. The third-order valence-corrected chi connectivity index (χ3v) is 2.74. The van der Waals surface area contributed by atoms with E-state index in [-0.39, 0.29) is 5.82 Å². The van der Waals surface area contributed by atoms with Crippen LogP contribution in [-0.2, 0) is 13.1 Å². The molecule has 0 aliphatic rings. The van der Waals surface area contributed by atoms with Crippen LogP contribution in [0.15, 0.2) is 36.9 Å². The first-order valence-electron chi connectivity index (χ1n) is 6.11. The van der Waals surface area contributed by atoms with E-state index in [2.05, 4.69) is 24.1 Å². The van der Waals surface area contributed by atoms with Crippen molar-refractivity contribution in [1.29, 1.82) is 0 Å². The largest absolute Gasteiger partial charge is 0.333 e. The third kappa shape index (κ3) is 3.40. The monoisotopic (exact) mass is 247 g/mol. The van der Waals surface area contributed by atoms with Crippen LogP contribution in [0.5, 0.6) is 0 Å². The summed E-state index contributed by atoms with van der Waals surface area (Å²) < 4.78 is 15.6. The van der Waals surface area contributed by atoms with Gasteiger partial charge in [0.1, 0.15) is 5.82 Å². The van der Waals surface area contributed by atoms with Gasteiger partial charge in [0.05, 0.1) is 12.9 Å². The van der Waals surface area contributed by atoms with Crippen LogP contribution >= 0.6 is 0 Å². The van der Waals surface area contributed by atoms with Crippen LogP contribution < -0.4 is 5.32 Å². The molecule has 2 aromatic rings. The number of hydrogen-bond acceptors (Lipinski definition) is 2. The molecule has 96 valence electrons. The van der Waals surface area contributed by atoms with Crippen molar-refractivity contribution in [2.75, 3.05) is 0 Å². The second kappa shape index (κ2) is 5.78. The molecule has 0 spiro atoms. The maximum absolute atomic E-state index is 13.7. The van der Waals surface area contributed by atoms with E-state index in [0.29, 0.717) is 18.2 Å². The molecule has 0 aliphatic heterocycles. The molecule has 0 amide bonds. The lowest BCUT2D eigenvalue weighted by Gasteiger charge is -2.10. The minimum atomic E-state index is -0.169. The molecule has 1 heterocycles. The van der Waals surface area contributed by atoms with E-state index in [1.165, 1.54) is 6.07 Å². The number of imidazole rings is 1. The number of rotatable bonds is 5. The average Bonchev–Trinajstić information content (AvgIpc) is 2.83. The quantitative estimate of drug-likeness (QED) is 0.880. The highest BCUT2D eigenvalue weighted by molar-refractivity contribution is 5.25. The molecule has 4 heteroatoms. The van der Waals surface area contributed by atoms with Crippen molar-refractivity contribution in [2.24, 2.45) is 0 Å². The molecule has 18 heavy (non-hydrogen) atoms. The topological polar surface area (TPSA) is 29.9 Å². The van der Waals surface area contributed by atoms with Crippen molar-refractivity contribution in [1.82, 2.24) is 14.9 Å². The summed E-state index contributed by atoms with van der Waals surface area (Å²) in [5.41, 5.74) is 1.79. The molecule has 1 aromatic carbocycles. The molecule has 2 rings (SSSR count). The van der Waals surface area contributed by atoms with Gasteiger partial charge in [-0.05, 0) is 17.7 Å². The van der Waals surface area contributed by atoms with Gasteiger partial charge in [0.25, 0.3) is 0 Å². The molecule has 1 aromatic heterocycles. The normalized spacial score (nSPS) is 11.1. The lowest BCUT2D eigenvalue weighted by atomic mass is 10.1. The number of hydrogen-bond donors (Lipinski definition) is 1. The molecule has 0 radical (unpaired) electrons. The van der Waals surface area contributed by atoms with E-state index in [1.807, 2.05) is 22.9 Å².